The smallest absolute Gasteiger partial charge is 0.256 e. The quantitative estimate of drug-likeness (QED) is 0.297. The van der Waals surface area contributed by atoms with Crippen LogP contribution in [0.4, 0.5) is 5.82 Å². The van der Waals surface area contributed by atoms with Gasteiger partial charge in [-0.2, -0.15) is 14.1 Å². The summed E-state index contributed by atoms with van der Waals surface area (Å²) in [6.07, 6.45) is 0. The van der Waals surface area contributed by atoms with Crippen molar-refractivity contribution < 1.29 is 17.9 Å². The van der Waals surface area contributed by atoms with Crippen molar-refractivity contribution >= 4 is 43.3 Å². The Morgan fingerprint density at radius 3 is 2.50 bits per heavy atom. The van der Waals surface area contributed by atoms with Gasteiger partial charge in [0.25, 0.3) is 5.91 Å². The van der Waals surface area contributed by atoms with E-state index in [2.05, 4.69) is 15.4 Å². The lowest BCUT2D eigenvalue weighted by molar-refractivity contribution is 0.102. The Labute approximate surface area is 224 Å². The molecular weight excluding hydrogens is 522 g/mol. The number of nitrogens with zero attached hydrogens (tertiary/aromatic N) is 4. The summed E-state index contributed by atoms with van der Waals surface area (Å²) in [5.74, 6) is 0.794. The highest BCUT2D eigenvalue weighted by molar-refractivity contribution is 7.89. The second kappa shape index (κ2) is 10.4. The molecule has 5 aromatic rings. The molecule has 0 atom stereocenters. The third-order valence-electron chi connectivity index (χ3n) is 5.91. The minimum Gasteiger partial charge on any atom is -0.497 e. The van der Waals surface area contributed by atoms with Crippen molar-refractivity contribution in [2.75, 3.05) is 19.5 Å². The standard InChI is InChI=1S/C27H25N5O4S2/c1-18-15-25(32(30-18)27-28-23-14-11-21(36-3)16-24(23)37-27)29-26(33)20-9-12-22(13-10-20)38(34,35)31(2)17-19-7-5-4-6-8-19/h4-16H,17H2,1-3H3,(H,29,33). The van der Waals surface area contributed by atoms with Gasteiger partial charge in [0.2, 0.25) is 15.2 Å². The fraction of sp³-hybridized carbons (Fsp3) is 0.148. The number of methoxy groups -OCH3 is 1. The zero-order chi connectivity index (χ0) is 26.9. The molecule has 1 N–H and O–H groups in total. The molecule has 9 nitrogen and oxygen atoms in total. The number of benzene rings is 3. The summed E-state index contributed by atoms with van der Waals surface area (Å²) < 4.78 is 35.1. The highest BCUT2D eigenvalue weighted by Crippen LogP contribution is 2.30. The van der Waals surface area contributed by atoms with Gasteiger partial charge in [-0.15, -0.1) is 0 Å². The van der Waals surface area contributed by atoms with Gasteiger partial charge in [-0.25, -0.2) is 13.4 Å². The SMILES string of the molecule is COc1ccc2nc(-n3nc(C)cc3NC(=O)c3ccc(S(=O)(=O)N(C)Cc4ccccc4)cc3)sc2c1. The molecule has 1 amide bonds. The van der Waals surface area contributed by atoms with Gasteiger partial charge in [0.15, 0.2) is 0 Å². The molecule has 3 aromatic carbocycles. The lowest BCUT2D eigenvalue weighted by Gasteiger charge is -2.17. The Bertz CT molecular complexity index is 1710. The number of sulfonamides is 1. The molecule has 2 aromatic heterocycles. The number of carbonyl (C=O) groups is 1. The van der Waals surface area contributed by atoms with Gasteiger partial charge < -0.3 is 10.1 Å². The zero-order valence-electron chi connectivity index (χ0n) is 21.0. The fourth-order valence-corrected chi connectivity index (χ4v) is 6.04. The van der Waals surface area contributed by atoms with Crippen LogP contribution in [0.3, 0.4) is 0 Å². The van der Waals surface area contributed by atoms with Gasteiger partial charge in [0.1, 0.15) is 11.6 Å². The highest BCUT2D eigenvalue weighted by Gasteiger charge is 2.22. The number of ether oxygens (including phenoxy) is 1. The van der Waals surface area contributed by atoms with Crippen LogP contribution in [0, 0.1) is 6.92 Å². The van der Waals surface area contributed by atoms with Gasteiger partial charge in [0.05, 0.1) is 27.9 Å². The van der Waals surface area contributed by atoms with Crippen molar-refractivity contribution in [2.45, 2.75) is 18.4 Å². The average Bonchev–Trinajstić information content (AvgIpc) is 3.51. The molecule has 0 bridgehead atoms. The fourth-order valence-electron chi connectivity index (χ4n) is 3.92. The average molecular weight is 548 g/mol. The van der Waals surface area contributed by atoms with Crippen molar-refractivity contribution in [3.8, 4) is 10.9 Å². The van der Waals surface area contributed by atoms with Gasteiger partial charge in [-0.3, -0.25) is 4.79 Å². The number of fused-ring (bicyclic) bond motifs is 1. The zero-order valence-corrected chi connectivity index (χ0v) is 22.6. The van der Waals surface area contributed by atoms with Gasteiger partial charge in [-0.05, 0) is 55.0 Å². The summed E-state index contributed by atoms with van der Waals surface area (Å²) in [7, 11) is -0.582. The normalized spacial score (nSPS) is 11.7. The summed E-state index contributed by atoms with van der Waals surface area (Å²) >= 11 is 1.42. The largest absolute Gasteiger partial charge is 0.497 e. The van der Waals surface area contributed by atoms with Crippen LogP contribution in [0.15, 0.2) is 83.8 Å². The van der Waals surface area contributed by atoms with Crippen LogP contribution in [0.5, 0.6) is 5.75 Å². The molecular formula is C27H25N5O4S2. The lowest BCUT2D eigenvalue weighted by Crippen LogP contribution is -2.26. The summed E-state index contributed by atoms with van der Waals surface area (Å²) in [5, 5.41) is 7.97. The molecule has 2 heterocycles. The highest BCUT2D eigenvalue weighted by atomic mass is 32.2. The van der Waals surface area contributed by atoms with E-state index in [-0.39, 0.29) is 11.4 Å². The number of nitrogens with one attached hydrogen (secondary N) is 1. The van der Waals surface area contributed by atoms with Crippen LogP contribution >= 0.6 is 11.3 Å². The summed E-state index contributed by atoms with van der Waals surface area (Å²) in [4.78, 5) is 17.8. The van der Waals surface area contributed by atoms with Gasteiger partial charge in [0, 0.05) is 25.2 Å². The molecule has 38 heavy (non-hydrogen) atoms. The van der Waals surface area contributed by atoms with E-state index in [1.165, 1.54) is 47.0 Å². The maximum Gasteiger partial charge on any atom is 0.256 e. The number of thiazole rings is 1. The summed E-state index contributed by atoms with van der Waals surface area (Å²) in [5.41, 5.74) is 2.70. The minimum absolute atomic E-state index is 0.110. The van der Waals surface area contributed by atoms with Crippen molar-refractivity contribution in [1.82, 2.24) is 19.1 Å². The Kier molecular flexibility index (Phi) is 6.98. The van der Waals surface area contributed by atoms with E-state index in [0.29, 0.717) is 22.2 Å². The van der Waals surface area contributed by atoms with Crippen molar-refractivity contribution in [1.29, 1.82) is 0 Å². The summed E-state index contributed by atoms with van der Waals surface area (Å²) in [6, 6.07) is 22.6. The first-order valence-corrected chi connectivity index (χ1v) is 13.9. The third-order valence-corrected chi connectivity index (χ3v) is 8.72. The monoisotopic (exact) mass is 547 g/mol. The van der Waals surface area contributed by atoms with E-state index in [0.717, 1.165) is 21.5 Å². The molecule has 0 fully saturated rings. The predicted octanol–water partition coefficient (Wildman–Crippen LogP) is 4.87. The predicted molar refractivity (Wildman–Crippen MR) is 148 cm³/mol. The molecule has 11 heteroatoms. The van der Waals surface area contributed by atoms with E-state index < -0.39 is 15.9 Å². The number of hydrogen-bond donors (Lipinski definition) is 1. The molecule has 0 aliphatic rings. The maximum absolute atomic E-state index is 13.1. The molecule has 0 spiro atoms. The summed E-state index contributed by atoms with van der Waals surface area (Å²) in [6.45, 7) is 2.07. The Morgan fingerprint density at radius 1 is 1.05 bits per heavy atom. The number of rotatable bonds is 8. The Hall–Kier alpha value is -4.06. The van der Waals surface area contributed by atoms with E-state index in [9.17, 15) is 13.2 Å². The third kappa shape index (κ3) is 5.17. The lowest BCUT2D eigenvalue weighted by atomic mass is 10.2. The molecule has 0 saturated heterocycles. The second-order valence-electron chi connectivity index (χ2n) is 8.64. The van der Waals surface area contributed by atoms with Gasteiger partial charge >= 0.3 is 0 Å². The molecule has 194 valence electrons. The topological polar surface area (TPSA) is 106 Å². The number of carbonyl (C=O) groups excluding carboxylic acids is 1. The van der Waals surface area contributed by atoms with Crippen molar-refractivity contribution in [2.24, 2.45) is 0 Å². The number of hydrogen-bond acceptors (Lipinski definition) is 7. The number of amides is 1. The number of anilines is 1. The van der Waals surface area contributed by atoms with E-state index in [1.807, 2.05) is 55.5 Å². The van der Waals surface area contributed by atoms with Crippen LogP contribution in [0.25, 0.3) is 15.3 Å². The van der Waals surface area contributed by atoms with Crippen LogP contribution in [0.1, 0.15) is 21.6 Å². The first-order chi connectivity index (χ1) is 18.2. The van der Waals surface area contributed by atoms with Crippen molar-refractivity contribution in [3.05, 3.63) is 95.7 Å². The van der Waals surface area contributed by atoms with Crippen LogP contribution in [-0.2, 0) is 16.6 Å². The van der Waals surface area contributed by atoms with Gasteiger partial charge in [-0.1, -0.05) is 41.7 Å². The van der Waals surface area contributed by atoms with E-state index >= 15 is 0 Å². The van der Waals surface area contributed by atoms with Crippen LogP contribution < -0.4 is 10.1 Å². The molecule has 0 unspecified atom stereocenters. The molecule has 0 radical (unpaired) electrons. The maximum atomic E-state index is 13.1. The van der Waals surface area contributed by atoms with Crippen molar-refractivity contribution in [3.63, 3.8) is 0 Å². The molecule has 5 rings (SSSR count). The van der Waals surface area contributed by atoms with Crippen LogP contribution in [-0.4, -0.2) is 47.6 Å². The van der Waals surface area contributed by atoms with E-state index in [4.69, 9.17) is 4.74 Å². The van der Waals surface area contributed by atoms with E-state index in [1.54, 1.807) is 17.9 Å². The first kappa shape index (κ1) is 25.6. The second-order valence-corrected chi connectivity index (χ2v) is 11.7. The van der Waals surface area contributed by atoms with Crippen LogP contribution in [0.2, 0.25) is 0 Å². The molecule has 0 aliphatic carbocycles. The first-order valence-electron chi connectivity index (χ1n) is 11.7. The molecule has 0 saturated carbocycles. The Morgan fingerprint density at radius 2 is 1.79 bits per heavy atom. The number of aromatic nitrogens is 3. The number of aryl methyl sites for hydroxylation is 1. The Balaban J connectivity index is 1.34. The molecule has 0 aliphatic heterocycles. The minimum atomic E-state index is -3.72.